The van der Waals surface area contributed by atoms with Gasteiger partial charge in [0.05, 0.1) is 6.04 Å². The van der Waals surface area contributed by atoms with E-state index in [2.05, 4.69) is 11.8 Å². The van der Waals surface area contributed by atoms with Crippen molar-refractivity contribution in [1.29, 1.82) is 0 Å². The average molecular weight is 409 g/mol. The van der Waals surface area contributed by atoms with Gasteiger partial charge in [-0.15, -0.1) is 0 Å². The molecule has 0 spiro atoms. The van der Waals surface area contributed by atoms with Gasteiger partial charge in [0, 0.05) is 30.8 Å². The molecule has 0 radical (unpaired) electrons. The van der Waals surface area contributed by atoms with E-state index in [4.69, 9.17) is 9.97 Å². The van der Waals surface area contributed by atoms with E-state index in [0.29, 0.717) is 12.3 Å². The quantitative estimate of drug-likeness (QED) is 0.738. The standard InChI is InChI=1S/C24H29FN4O/c1-16-20-11-12-22(30)29(15-18-5-6-18)24(20)27-23(26-16)21-4-2-3-13-28(21)14-17-7-9-19(25)10-8-17/h7-10,18,21H,2-6,11-15H2,1H3/t21-/m1/s1. The molecule has 5 nitrogen and oxygen atoms in total. The Morgan fingerprint density at radius 3 is 2.63 bits per heavy atom. The summed E-state index contributed by atoms with van der Waals surface area (Å²) in [6.07, 6.45) is 7.03. The molecule has 30 heavy (non-hydrogen) atoms. The minimum absolute atomic E-state index is 0.132. The molecule has 1 saturated carbocycles. The number of hydrogen-bond donors (Lipinski definition) is 0. The summed E-state index contributed by atoms with van der Waals surface area (Å²) in [7, 11) is 0. The van der Waals surface area contributed by atoms with Crippen LogP contribution in [-0.2, 0) is 17.8 Å². The van der Waals surface area contributed by atoms with Crippen molar-refractivity contribution in [2.24, 2.45) is 5.92 Å². The van der Waals surface area contributed by atoms with Crippen molar-refractivity contribution in [3.8, 4) is 0 Å². The van der Waals surface area contributed by atoms with E-state index in [1.165, 1.54) is 25.0 Å². The molecule has 0 N–H and O–H groups in total. The lowest BCUT2D eigenvalue weighted by atomic mass is 9.98. The van der Waals surface area contributed by atoms with Crippen molar-refractivity contribution >= 4 is 11.7 Å². The van der Waals surface area contributed by atoms with E-state index in [1.54, 1.807) is 0 Å². The summed E-state index contributed by atoms with van der Waals surface area (Å²) in [4.78, 5) is 26.9. The van der Waals surface area contributed by atoms with Gasteiger partial charge < -0.3 is 0 Å². The van der Waals surface area contributed by atoms with Crippen LogP contribution >= 0.6 is 0 Å². The fourth-order valence-corrected chi connectivity index (χ4v) is 4.80. The van der Waals surface area contributed by atoms with Gasteiger partial charge in [0.1, 0.15) is 17.5 Å². The molecule has 1 atom stereocenters. The lowest BCUT2D eigenvalue weighted by molar-refractivity contribution is -0.119. The number of halogens is 1. The second kappa shape index (κ2) is 8.06. The van der Waals surface area contributed by atoms with Gasteiger partial charge in [-0.25, -0.2) is 14.4 Å². The summed E-state index contributed by atoms with van der Waals surface area (Å²) in [6.45, 7) is 4.59. The lowest BCUT2D eigenvalue weighted by Crippen LogP contribution is -2.39. The fraction of sp³-hybridized carbons (Fsp3) is 0.542. The number of carbonyl (C=O) groups excluding carboxylic acids is 1. The summed E-state index contributed by atoms with van der Waals surface area (Å²) in [5, 5.41) is 0. The van der Waals surface area contributed by atoms with Crippen LogP contribution in [0.1, 0.15) is 67.2 Å². The van der Waals surface area contributed by atoms with Gasteiger partial charge in [-0.1, -0.05) is 18.6 Å². The molecule has 5 rings (SSSR count). The second-order valence-corrected chi connectivity index (χ2v) is 9.03. The molecule has 1 amide bonds. The van der Waals surface area contributed by atoms with Crippen LogP contribution in [0.15, 0.2) is 24.3 Å². The molecule has 1 aromatic heterocycles. The van der Waals surface area contributed by atoms with E-state index in [1.807, 2.05) is 17.0 Å². The number of amides is 1. The molecule has 1 aliphatic carbocycles. The lowest BCUT2D eigenvalue weighted by Gasteiger charge is -2.36. The van der Waals surface area contributed by atoms with Gasteiger partial charge in [0.15, 0.2) is 0 Å². The van der Waals surface area contributed by atoms with E-state index in [-0.39, 0.29) is 17.8 Å². The third-order valence-electron chi connectivity index (χ3n) is 6.70. The predicted molar refractivity (Wildman–Crippen MR) is 114 cm³/mol. The number of nitrogens with zero attached hydrogens (tertiary/aromatic N) is 4. The molecular weight excluding hydrogens is 379 g/mol. The molecule has 2 fully saturated rings. The van der Waals surface area contributed by atoms with Gasteiger partial charge in [0.2, 0.25) is 5.91 Å². The highest BCUT2D eigenvalue weighted by Crippen LogP contribution is 2.37. The zero-order chi connectivity index (χ0) is 20.7. The maximum Gasteiger partial charge on any atom is 0.228 e. The maximum absolute atomic E-state index is 13.3. The topological polar surface area (TPSA) is 49.3 Å². The number of rotatable bonds is 5. The van der Waals surface area contributed by atoms with Crippen LogP contribution < -0.4 is 4.90 Å². The number of aromatic nitrogens is 2. The normalized spacial score (nSPS) is 22.3. The SMILES string of the molecule is Cc1nc([C@H]2CCCCN2Cc2ccc(F)cc2)nc2c1CCC(=O)N2CC1CC1. The first-order valence-corrected chi connectivity index (χ1v) is 11.2. The molecule has 0 unspecified atom stereocenters. The molecule has 2 aromatic rings. The maximum atomic E-state index is 13.3. The van der Waals surface area contributed by atoms with E-state index >= 15 is 0 Å². The van der Waals surface area contributed by atoms with Crippen molar-refractivity contribution < 1.29 is 9.18 Å². The monoisotopic (exact) mass is 408 g/mol. The number of anilines is 1. The molecule has 0 bridgehead atoms. The number of benzene rings is 1. The Morgan fingerprint density at radius 1 is 1.07 bits per heavy atom. The van der Waals surface area contributed by atoms with Crippen molar-refractivity contribution in [2.75, 3.05) is 18.0 Å². The number of aryl methyl sites for hydroxylation is 1. The molecule has 1 saturated heterocycles. The summed E-state index contributed by atoms with van der Waals surface area (Å²) < 4.78 is 13.3. The largest absolute Gasteiger partial charge is 0.296 e. The number of carbonyl (C=O) groups is 1. The third kappa shape index (κ3) is 3.97. The minimum Gasteiger partial charge on any atom is -0.296 e. The second-order valence-electron chi connectivity index (χ2n) is 9.03. The van der Waals surface area contributed by atoms with Crippen LogP contribution in [0.5, 0.6) is 0 Å². The Balaban J connectivity index is 1.45. The van der Waals surface area contributed by atoms with Gasteiger partial charge >= 0.3 is 0 Å². The predicted octanol–water partition coefficient (Wildman–Crippen LogP) is 4.34. The van der Waals surface area contributed by atoms with Crippen molar-refractivity contribution in [1.82, 2.24) is 14.9 Å². The van der Waals surface area contributed by atoms with Crippen molar-refractivity contribution in [3.63, 3.8) is 0 Å². The zero-order valence-corrected chi connectivity index (χ0v) is 17.6. The first-order chi connectivity index (χ1) is 14.6. The molecule has 2 aliphatic heterocycles. The van der Waals surface area contributed by atoms with Gasteiger partial charge in [-0.2, -0.15) is 0 Å². The Hall–Kier alpha value is -2.34. The summed E-state index contributed by atoms with van der Waals surface area (Å²) in [6, 6.07) is 6.89. The highest BCUT2D eigenvalue weighted by Gasteiger charge is 2.35. The third-order valence-corrected chi connectivity index (χ3v) is 6.70. The number of hydrogen-bond acceptors (Lipinski definition) is 4. The van der Waals surface area contributed by atoms with Crippen molar-refractivity contribution in [3.05, 3.63) is 52.7 Å². The van der Waals surface area contributed by atoms with Crippen LogP contribution in [-0.4, -0.2) is 33.9 Å². The molecule has 158 valence electrons. The summed E-state index contributed by atoms with van der Waals surface area (Å²) >= 11 is 0. The van der Waals surface area contributed by atoms with E-state index in [0.717, 1.165) is 73.8 Å². The number of fused-ring (bicyclic) bond motifs is 1. The highest BCUT2D eigenvalue weighted by molar-refractivity contribution is 5.95. The fourth-order valence-electron chi connectivity index (χ4n) is 4.80. The van der Waals surface area contributed by atoms with Gasteiger partial charge in [-0.05, 0) is 69.2 Å². The summed E-state index contributed by atoms with van der Waals surface area (Å²) in [5.74, 6) is 2.31. The van der Waals surface area contributed by atoms with E-state index in [9.17, 15) is 9.18 Å². The average Bonchev–Trinajstić information content (AvgIpc) is 3.56. The van der Waals surface area contributed by atoms with Crippen LogP contribution in [0.25, 0.3) is 0 Å². The Kier molecular flexibility index (Phi) is 5.27. The molecule has 6 heteroatoms. The smallest absolute Gasteiger partial charge is 0.228 e. The highest BCUT2D eigenvalue weighted by atomic mass is 19.1. The Morgan fingerprint density at radius 2 is 1.87 bits per heavy atom. The zero-order valence-electron chi connectivity index (χ0n) is 17.6. The first-order valence-electron chi connectivity index (χ1n) is 11.2. The van der Waals surface area contributed by atoms with E-state index < -0.39 is 0 Å². The number of likely N-dealkylation sites (tertiary alicyclic amines) is 1. The van der Waals surface area contributed by atoms with Crippen LogP contribution in [0.3, 0.4) is 0 Å². The van der Waals surface area contributed by atoms with Crippen LogP contribution in [0.2, 0.25) is 0 Å². The Bertz CT molecular complexity index is 941. The van der Waals surface area contributed by atoms with Crippen LogP contribution in [0.4, 0.5) is 10.2 Å². The van der Waals surface area contributed by atoms with Gasteiger partial charge in [-0.3, -0.25) is 14.6 Å². The Labute approximate surface area is 177 Å². The molecule has 1 aromatic carbocycles. The van der Waals surface area contributed by atoms with Crippen molar-refractivity contribution in [2.45, 2.75) is 64.5 Å². The molecule has 3 aliphatic rings. The molecular formula is C24H29FN4O. The summed E-state index contributed by atoms with van der Waals surface area (Å²) in [5.41, 5.74) is 3.25. The van der Waals surface area contributed by atoms with Gasteiger partial charge in [0.25, 0.3) is 0 Å². The molecule has 3 heterocycles. The first kappa shape index (κ1) is 19.6. The van der Waals surface area contributed by atoms with Crippen LogP contribution in [0, 0.1) is 18.7 Å². The number of piperidine rings is 1. The minimum atomic E-state index is -0.206.